The monoisotopic (exact) mass is 371 g/mol. The van der Waals surface area contributed by atoms with Gasteiger partial charge in [-0.05, 0) is 56.5 Å². The van der Waals surface area contributed by atoms with E-state index in [9.17, 15) is 4.79 Å². The standard InChI is InChI=1S/C22H29NO4/c1-5-26-20-13-11-18(15-21(20)27-6-2)16(3)23-22(24)14-12-17-9-7-8-10-19(17)25-4/h7-11,13,15-16H,5-6,12,14H2,1-4H3,(H,23,24). The summed E-state index contributed by atoms with van der Waals surface area (Å²) in [5.41, 5.74) is 2.01. The summed E-state index contributed by atoms with van der Waals surface area (Å²) in [7, 11) is 1.64. The van der Waals surface area contributed by atoms with Gasteiger partial charge in [0.25, 0.3) is 0 Å². The third kappa shape index (κ3) is 5.91. The van der Waals surface area contributed by atoms with Crippen molar-refractivity contribution in [2.24, 2.45) is 0 Å². The lowest BCUT2D eigenvalue weighted by atomic mass is 10.1. The van der Waals surface area contributed by atoms with Crippen LogP contribution in [0.2, 0.25) is 0 Å². The van der Waals surface area contributed by atoms with Crippen LogP contribution in [0.3, 0.4) is 0 Å². The number of benzene rings is 2. The fourth-order valence-corrected chi connectivity index (χ4v) is 2.89. The number of nitrogens with one attached hydrogen (secondary N) is 1. The molecule has 0 fully saturated rings. The van der Waals surface area contributed by atoms with Crippen molar-refractivity contribution < 1.29 is 19.0 Å². The molecule has 0 heterocycles. The smallest absolute Gasteiger partial charge is 0.220 e. The zero-order valence-electron chi connectivity index (χ0n) is 16.6. The molecular formula is C22H29NO4. The van der Waals surface area contributed by atoms with Crippen LogP contribution in [0.1, 0.15) is 44.4 Å². The lowest BCUT2D eigenvalue weighted by Crippen LogP contribution is -2.26. The largest absolute Gasteiger partial charge is 0.496 e. The summed E-state index contributed by atoms with van der Waals surface area (Å²) >= 11 is 0. The lowest BCUT2D eigenvalue weighted by molar-refractivity contribution is -0.121. The number of aryl methyl sites for hydroxylation is 1. The van der Waals surface area contributed by atoms with Crippen molar-refractivity contribution in [2.75, 3.05) is 20.3 Å². The van der Waals surface area contributed by atoms with Gasteiger partial charge in [-0.3, -0.25) is 4.79 Å². The highest BCUT2D eigenvalue weighted by Gasteiger charge is 2.14. The van der Waals surface area contributed by atoms with Crippen molar-refractivity contribution in [2.45, 2.75) is 39.7 Å². The molecule has 2 aromatic rings. The van der Waals surface area contributed by atoms with Crippen molar-refractivity contribution in [3.8, 4) is 17.2 Å². The molecule has 1 amide bonds. The average molecular weight is 371 g/mol. The summed E-state index contributed by atoms with van der Waals surface area (Å²) in [6.45, 7) is 6.98. The molecule has 1 atom stereocenters. The minimum Gasteiger partial charge on any atom is -0.496 e. The Labute approximate surface area is 161 Å². The number of amides is 1. The van der Waals surface area contributed by atoms with Gasteiger partial charge in [0.2, 0.25) is 5.91 Å². The Morgan fingerprint density at radius 3 is 2.41 bits per heavy atom. The molecule has 1 unspecified atom stereocenters. The van der Waals surface area contributed by atoms with Gasteiger partial charge >= 0.3 is 0 Å². The second-order valence-electron chi connectivity index (χ2n) is 6.17. The minimum absolute atomic E-state index is 0.000232. The fourth-order valence-electron chi connectivity index (χ4n) is 2.89. The third-order valence-corrected chi connectivity index (χ3v) is 4.26. The molecule has 0 spiro atoms. The number of carbonyl (C=O) groups is 1. The Morgan fingerprint density at radius 1 is 1.00 bits per heavy atom. The van der Waals surface area contributed by atoms with E-state index in [0.29, 0.717) is 31.8 Å². The SMILES string of the molecule is CCOc1ccc(C(C)NC(=O)CCc2ccccc2OC)cc1OCC. The molecular weight excluding hydrogens is 342 g/mol. The van der Waals surface area contributed by atoms with Crippen LogP contribution in [-0.4, -0.2) is 26.2 Å². The maximum Gasteiger partial charge on any atom is 0.220 e. The van der Waals surface area contributed by atoms with E-state index in [1.54, 1.807) is 7.11 Å². The van der Waals surface area contributed by atoms with E-state index in [1.807, 2.05) is 63.2 Å². The molecule has 5 heteroatoms. The van der Waals surface area contributed by atoms with Gasteiger partial charge in [0.05, 0.1) is 26.4 Å². The van der Waals surface area contributed by atoms with Gasteiger partial charge in [-0.2, -0.15) is 0 Å². The molecule has 0 bridgehead atoms. The molecule has 0 aliphatic carbocycles. The minimum atomic E-state index is -0.120. The van der Waals surface area contributed by atoms with E-state index in [1.165, 1.54) is 0 Å². The normalized spacial score (nSPS) is 11.6. The number of hydrogen-bond acceptors (Lipinski definition) is 4. The fraction of sp³-hybridized carbons (Fsp3) is 0.409. The topological polar surface area (TPSA) is 56.8 Å². The number of para-hydroxylation sites is 1. The predicted molar refractivity (Wildman–Crippen MR) is 107 cm³/mol. The first-order valence-electron chi connectivity index (χ1n) is 9.39. The lowest BCUT2D eigenvalue weighted by Gasteiger charge is -2.18. The first-order valence-corrected chi connectivity index (χ1v) is 9.39. The van der Waals surface area contributed by atoms with E-state index in [4.69, 9.17) is 14.2 Å². The summed E-state index contributed by atoms with van der Waals surface area (Å²) < 4.78 is 16.6. The van der Waals surface area contributed by atoms with E-state index in [0.717, 1.165) is 22.6 Å². The predicted octanol–water partition coefficient (Wildman–Crippen LogP) is 4.30. The van der Waals surface area contributed by atoms with Crippen LogP contribution in [0.4, 0.5) is 0 Å². The van der Waals surface area contributed by atoms with E-state index >= 15 is 0 Å². The second kappa shape index (κ2) is 10.5. The molecule has 1 N–H and O–H groups in total. The maximum atomic E-state index is 12.4. The van der Waals surface area contributed by atoms with Crippen LogP contribution >= 0.6 is 0 Å². The molecule has 2 rings (SSSR count). The molecule has 0 saturated carbocycles. The summed E-state index contributed by atoms with van der Waals surface area (Å²) in [5, 5.41) is 3.05. The number of hydrogen-bond donors (Lipinski definition) is 1. The number of rotatable bonds is 10. The molecule has 0 aliphatic rings. The van der Waals surface area contributed by atoms with Gasteiger partial charge in [0.15, 0.2) is 11.5 Å². The van der Waals surface area contributed by atoms with Crippen LogP contribution in [0, 0.1) is 0 Å². The van der Waals surface area contributed by atoms with Crippen molar-refractivity contribution in [1.29, 1.82) is 0 Å². The van der Waals surface area contributed by atoms with E-state index < -0.39 is 0 Å². The van der Waals surface area contributed by atoms with E-state index in [2.05, 4.69) is 5.32 Å². The molecule has 0 saturated heterocycles. The molecule has 146 valence electrons. The van der Waals surface area contributed by atoms with Gasteiger partial charge in [0.1, 0.15) is 5.75 Å². The highest BCUT2D eigenvalue weighted by Crippen LogP contribution is 2.30. The quantitative estimate of drug-likeness (QED) is 0.676. The zero-order valence-corrected chi connectivity index (χ0v) is 16.6. The Morgan fingerprint density at radius 2 is 1.70 bits per heavy atom. The van der Waals surface area contributed by atoms with Gasteiger partial charge in [-0.25, -0.2) is 0 Å². The molecule has 0 aliphatic heterocycles. The van der Waals surface area contributed by atoms with Crippen LogP contribution in [0.5, 0.6) is 17.2 Å². The van der Waals surface area contributed by atoms with Crippen molar-refractivity contribution >= 4 is 5.91 Å². The molecule has 0 radical (unpaired) electrons. The summed E-state index contributed by atoms with van der Waals surface area (Å²) in [6, 6.07) is 13.4. The number of carbonyl (C=O) groups excluding carboxylic acids is 1. The third-order valence-electron chi connectivity index (χ3n) is 4.26. The molecule has 5 nitrogen and oxygen atoms in total. The maximum absolute atomic E-state index is 12.4. The first kappa shape index (κ1) is 20.6. The van der Waals surface area contributed by atoms with Gasteiger partial charge in [0, 0.05) is 6.42 Å². The Balaban J connectivity index is 1.98. The highest BCUT2D eigenvalue weighted by molar-refractivity contribution is 5.76. The van der Waals surface area contributed by atoms with Crippen LogP contribution in [0.15, 0.2) is 42.5 Å². The van der Waals surface area contributed by atoms with Gasteiger partial charge in [-0.15, -0.1) is 0 Å². The van der Waals surface area contributed by atoms with Crippen LogP contribution in [0.25, 0.3) is 0 Å². The second-order valence-corrected chi connectivity index (χ2v) is 6.17. The van der Waals surface area contributed by atoms with Crippen molar-refractivity contribution in [3.05, 3.63) is 53.6 Å². The van der Waals surface area contributed by atoms with Gasteiger partial charge < -0.3 is 19.5 Å². The van der Waals surface area contributed by atoms with Crippen LogP contribution < -0.4 is 19.5 Å². The average Bonchev–Trinajstić information content (AvgIpc) is 2.68. The van der Waals surface area contributed by atoms with Gasteiger partial charge in [-0.1, -0.05) is 24.3 Å². The molecule has 2 aromatic carbocycles. The summed E-state index contributed by atoms with van der Waals surface area (Å²) in [4.78, 5) is 12.4. The van der Waals surface area contributed by atoms with E-state index in [-0.39, 0.29) is 11.9 Å². The zero-order chi connectivity index (χ0) is 19.6. The Kier molecular flexibility index (Phi) is 7.99. The summed E-state index contributed by atoms with van der Waals surface area (Å²) in [6.07, 6.45) is 1.04. The Hall–Kier alpha value is -2.69. The summed E-state index contributed by atoms with van der Waals surface area (Å²) in [5.74, 6) is 2.23. The molecule has 0 aromatic heterocycles. The van der Waals surface area contributed by atoms with Crippen LogP contribution in [-0.2, 0) is 11.2 Å². The number of methoxy groups -OCH3 is 1. The van der Waals surface area contributed by atoms with Crippen molar-refractivity contribution in [1.82, 2.24) is 5.32 Å². The number of ether oxygens (including phenoxy) is 3. The highest BCUT2D eigenvalue weighted by atomic mass is 16.5. The molecule has 27 heavy (non-hydrogen) atoms. The van der Waals surface area contributed by atoms with Crippen molar-refractivity contribution in [3.63, 3.8) is 0 Å². The first-order chi connectivity index (χ1) is 13.1. The Bertz CT molecular complexity index is 745.